The highest BCUT2D eigenvalue weighted by Crippen LogP contribution is 2.42. The molecule has 0 unspecified atom stereocenters. The maximum absolute atomic E-state index is 12.4. The Kier molecular flexibility index (Phi) is 4.06. The Morgan fingerprint density at radius 1 is 1.25 bits per heavy atom. The minimum absolute atomic E-state index is 0.0888. The number of carbonyl (C=O) groups excluding carboxylic acids is 1. The number of ether oxygens (including phenoxy) is 1. The molecule has 1 saturated carbocycles. The van der Waals surface area contributed by atoms with Crippen LogP contribution in [0.2, 0.25) is 0 Å². The lowest BCUT2D eigenvalue weighted by Gasteiger charge is -2.38. The molecule has 2 aliphatic heterocycles. The van der Waals surface area contributed by atoms with Crippen molar-refractivity contribution in [3.63, 3.8) is 0 Å². The van der Waals surface area contributed by atoms with Crippen LogP contribution in [0.1, 0.15) is 44.9 Å². The average Bonchev–Trinajstić information content (AvgIpc) is 3.40. The Hall–Kier alpha value is -1.85. The van der Waals surface area contributed by atoms with Crippen LogP contribution in [0.3, 0.4) is 0 Å². The number of aromatic nitrogens is 2. The largest absolute Gasteiger partial charge is 0.481 e. The first kappa shape index (κ1) is 15.7. The summed E-state index contributed by atoms with van der Waals surface area (Å²) in [7, 11) is 1.63. The maximum Gasteiger partial charge on any atom is 0.223 e. The predicted molar refractivity (Wildman–Crippen MR) is 91.1 cm³/mol. The second-order valence-electron chi connectivity index (χ2n) is 7.43. The molecule has 3 aliphatic rings. The zero-order chi connectivity index (χ0) is 16.6. The Bertz CT molecular complexity index is 619. The Morgan fingerprint density at radius 3 is 2.92 bits per heavy atom. The summed E-state index contributed by atoms with van der Waals surface area (Å²) < 4.78 is 5.22. The summed E-state index contributed by atoms with van der Waals surface area (Å²) in [4.78, 5) is 25.5. The second kappa shape index (κ2) is 6.22. The van der Waals surface area contributed by atoms with E-state index >= 15 is 0 Å². The fraction of sp³-hybridized carbons (Fsp3) is 0.722. The molecule has 1 spiro atoms. The Labute approximate surface area is 143 Å². The van der Waals surface area contributed by atoms with Crippen LogP contribution in [-0.4, -0.2) is 53.1 Å². The lowest BCUT2D eigenvalue weighted by atomic mass is 9.87. The number of anilines is 1. The topological polar surface area (TPSA) is 58.6 Å². The highest BCUT2D eigenvalue weighted by Gasteiger charge is 2.47. The third-order valence-electron chi connectivity index (χ3n) is 5.89. The van der Waals surface area contributed by atoms with Gasteiger partial charge in [-0.25, -0.2) is 9.97 Å². The quantitative estimate of drug-likeness (QED) is 0.847. The maximum atomic E-state index is 12.4. The van der Waals surface area contributed by atoms with Gasteiger partial charge in [-0.15, -0.1) is 0 Å². The molecular formula is C18H26N4O2. The molecule has 1 aromatic rings. The SMILES string of the molecule is COc1cc(N2CCC[C@@]3(CCC(=O)N3CC3CC3)CC2)ncn1. The lowest BCUT2D eigenvalue weighted by Crippen LogP contribution is -2.47. The molecule has 1 aromatic heterocycles. The van der Waals surface area contributed by atoms with Crippen LogP contribution in [0.25, 0.3) is 0 Å². The molecule has 0 bridgehead atoms. The van der Waals surface area contributed by atoms with E-state index in [1.54, 1.807) is 13.4 Å². The van der Waals surface area contributed by atoms with Crippen LogP contribution in [0.15, 0.2) is 12.4 Å². The van der Waals surface area contributed by atoms with Crippen molar-refractivity contribution in [2.24, 2.45) is 5.92 Å². The number of hydrogen-bond donors (Lipinski definition) is 0. The average molecular weight is 330 g/mol. The molecular weight excluding hydrogens is 304 g/mol. The number of amides is 1. The van der Waals surface area contributed by atoms with Crippen molar-refractivity contribution < 1.29 is 9.53 Å². The summed E-state index contributed by atoms with van der Waals surface area (Å²) in [5.41, 5.74) is 0.0888. The van der Waals surface area contributed by atoms with Gasteiger partial charge in [-0.1, -0.05) is 0 Å². The van der Waals surface area contributed by atoms with Gasteiger partial charge >= 0.3 is 0 Å². The second-order valence-corrected chi connectivity index (χ2v) is 7.43. The standard InChI is InChI=1S/C18H26N4O2/c1-24-16-11-15(19-13-20-16)21-9-2-6-18(8-10-21)7-5-17(23)22(18)12-14-3-4-14/h11,13-14H,2-10,12H2,1H3/t18-/m1/s1. The van der Waals surface area contributed by atoms with Gasteiger partial charge in [0.25, 0.3) is 0 Å². The van der Waals surface area contributed by atoms with Gasteiger partial charge in [0, 0.05) is 37.7 Å². The number of nitrogens with zero attached hydrogens (tertiary/aromatic N) is 4. The van der Waals surface area contributed by atoms with Crippen LogP contribution in [0, 0.1) is 5.92 Å². The Morgan fingerprint density at radius 2 is 2.12 bits per heavy atom. The number of rotatable bonds is 4. The first-order valence-electron chi connectivity index (χ1n) is 9.12. The number of carbonyl (C=O) groups is 1. The first-order valence-corrected chi connectivity index (χ1v) is 9.12. The normalized spacial score (nSPS) is 27.6. The van der Waals surface area contributed by atoms with E-state index in [-0.39, 0.29) is 5.54 Å². The molecule has 0 radical (unpaired) electrons. The molecule has 0 N–H and O–H groups in total. The molecule has 1 amide bonds. The summed E-state index contributed by atoms with van der Waals surface area (Å²) in [5.74, 6) is 2.66. The molecule has 24 heavy (non-hydrogen) atoms. The van der Waals surface area contributed by atoms with Gasteiger partial charge in [-0.2, -0.15) is 0 Å². The number of hydrogen-bond acceptors (Lipinski definition) is 5. The predicted octanol–water partition coefficient (Wildman–Crippen LogP) is 2.25. The van der Waals surface area contributed by atoms with Crippen molar-refractivity contribution in [3.8, 4) is 5.88 Å². The molecule has 130 valence electrons. The molecule has 1 atom stereocenters. The monoisotopic (exact) mass is 330 g/mol. The molecule has 3 heterocycles. The van der Waals surface area contributed by atoms with E-state index in [4.69, 9.17) is 4.74 Å². The summed E-state index contributed by atoms with van der Waals surface area (Å²) in [6, 6.07) is 1.90. The minimum Gasteiger partial charge on any atom is -0.481 e. The zero-order valence-electron chi connectivity index (χ0n) is 14.4. The van der Waals surface area contributed by atoms with Gasteiger partial charge in [0.15, 0.2) is 0 Å². The molecule has 6 heteroatoms. The van der Waals surface area contributed by atoms with Gasteiger partial charge in [0.05, 0.1) is 7.11 Å². The van der Waals surface area contributed by atoms with Gasteiger partial charge in [0.1, 0.15) is 12.1 Å². The molecule has 6 nitrogen and oxygen atoms in total. The van der Waals surface area contributed by atoms with E-state index in [1.807, 2.05) is 6.07 Å². The first-order chi connectivity index (χ1) is 11.7. The zero-order valence-corrected chi connectivity index (χ0v) is 14.4. The van der Waals surface area contributed by atoms with Crippen molar-refractivity contribution in [3.05, 3.63) is 12.4 Å². The molecule has 3 fully saturated rings. The van der Waals surface area contributed by atoms with Crippen molar-refractivity contribution >= 4 is 11.7 Å². The van der Waals surface area contributed by atoms with Crippen LogP contribution in [-0.2, 0) is 4.79 Å². The number of likely N-dealkylation sites (tertiary alicyclic amines) is 1. The van der Waals surface area contributed by atoms with Crippen molar-refractivity contribution in [2.75, 3.05) is 31.6 Å². The van der Waals surface area contributed by atoms with E-state index in [0.29, 0.717) is 11.8 Å². The highest BCUT2D eigenvalue weighted by molar-refractivity contribution is 5.79. The van der Waals surface area contributed by atoms with Crippen molar-refractivity contribution in [1.82, 2.24) is 14.9 Å². The smallest absolute Gasteiger partial charge is 0.223 e. The lowest BCUT2D eigenvalue weighted by molar-refractivity contribution is -0.131. The van der Waals surface area contributed by atoms with Crippen molar-refractivity contribution in [1.29, 1.82) is 0 Å². The third kappa shape index (κ3) is 2.94. The third-order valence-corrected chi connectivity index (χ3v) is 5.89. The van der Waals surface area contributed by atoms with Gasteiger partial charge in [0.2, 0.25) is 11.8 Å². The van der Waals surface area contributed by atoms with Crippen LogP contribution < -0.4 is 9.64 Å². The van der Waals surface area contributed by atoms with E-state index in [0.717, 1.165) is 63.5 Å². The van der Waals surface area contributed by atoms with Crippen LogP contribution in [0.4, 0.5) is 5.82 Å². The summed E-state index contributed by atoms with van der Waals surface area (Å²) in [6.07, 6.45) is 9.17. The molecule has 2 saturated heterocycles. The summed E-state index contributed by atoms with van der Waals surface area (Å²) in [5, 5.41) is 0. The van der Waals surface area contributed by atoms with Gasteiger partial charge < -0.3 is 14.5 Å². The van der Waals surface area contributed by atoms with Gasteiger partial charge in [-0.3, -0.25) is 4.79 Å². The van der Waals surface area contributed by atoms with E-state index in [2.05, 4.69) is 19.8 Å². The fourth-order valence-electron chi connectivity index (χ4n) is 4.27. The summed E-state index contributed by atoms with van der Waals surface area (Å²) >= 11 is 0. The number of methoxy groups -OCH3 is 1. The van der Waals surface area contributed by atoms with Crippen LogP contribution >= 0.6 is 0 Å². The van der Waals surface area contributed by atoms with E-state index in [9.17, 15) is 4.79 Å². The highest BCUT2D eigenvalue weighted by atomic mass is 16.5. The van der Waals surface area contributed by atoms with E-state index < -0.39 is 0 Å². The Balaban J connectivity index is 1.49. The fourth-order valence-corrected chi connectivity index (χ4v) is 4.27. The molecule has 0 aromatic carbocycles. The van der Waals surface area contributed by atoms with Crippen molar-refractivity contribution in [2.45, 2.75) is 50.5 Å². The summed E-state index contributed by atoms with van der Waals surface area (Å²) in [6.45, 7) is 2.90. The van der Waals surface area contributed by atoms with Gasteiger partial charge in [-0.05, 0) is 44.4 Å². The molecule has 4 rings (SSSR count). The van der Waals surface area contributed by atoms with E-state index in [1.165, 1.54) is 12.8 Å². The molecule has 1 aliphatic carbocycles. The van der Waals surface area contributed by atoms with Crippen LogP contribution in [0.5, 0.6) is 5.88 Å². The minimum atomic E-state index is 0.0888.